The van der Waals surface area contributed by atoms with Gasteiger partial charge in [0.1, 0.15) is 5.82 Å². The molecule has 1 aliphatic rings. The molecule has 20 heavy (non-hydrogen) atoms. The molecule has 1 heterocycles. The van der Waals surface area contributed by atoms with Crippen LogP contribution in [0.2, 0.25) is 0 Å². The summed E-state index contributed by atoms with van der Waals surface area (Å²) in [5.41, 5.74) is 1.69. The van der Waals surface area contributed by atoms with Gasteiger partial charge < -0.3 is 15.0 Å². The van der Waals surface area contributed by atoms with Crippen LogP contribution in [0.15, 0.2) is 18.2 Å². The second-order valence-corrected chi connectivity index (χ2v) is 5.80. The summed E-state index contributed by atoms with van der Waals surface area (Å²) >= 11 is 0. The lowest BCUT2D eigenvalue weighted by Gasteiger charge is -2.26. The van der Waals surface area contributed by atoms with Crippen LogP contribution >= 0.6 is 0 Å². The van der Waals surface area contributed by atoms with Gasteiger partial charge in [0.2, 0.25) is 0 Å². The van der Waals surface area contributed by atoms with E-state index in [4.69, 9.17) is 4.74 Å². The van der Waals surface area contributed by atoms with Crippen molar-refractivity contribution in [3.63, 3.8) is 0 Å². The summed E-state index contributed by atoms with van der Waals surface area (Å²) in [6.07, 6.45) is 2.40. The Morgan fingerprint density at radius 2 is 2.25 bits per heavy atom. The number of nitrogens with zero attached hydrogens (tertiary/aromatic N) is 1. The Morgan fingerprint density at radius 1 is 1.45 bits per heavy atom. The van der Waals surface area contributed by atoms with Crippen LogP contribution in [0, 0.1) is 5.82 Å². The number of para-hydroxylation sites is 1. The summed E-state index contributed by atoms with van der Waals surface area (Å²) in [4.78, 5) is 1.99. The summed E-state index contributed by atoms with van der Waals surface area (Å²) in [5, 5.41) is 3.35. The smallest absolute Gasteiger partial charge is 0.146 e. The van der Waals surface area contributed by atoms with Crippen LogP contribution in [0.4, 0.5) is 10.1 Å². The van der Waals surface area contributed by atoms with Crippen LogP contribution in [-0.2, 0) is 11.3 Å². The summed E-state index contributed by atoms with van der Waals surface area (Å²) < 4.78 is 19.8. The highest BCUT2D eigenvalue weighted by Gasteiger charge is 2.20. The minimum absolute atomic E-state index is 0.159. The number of nitrogens with one attached hydrogen (secondary N) is 1. The van der Waals surface area contributed by atoms with Crippen molar-refractivity contribution in [2.45, 2.75) is 45.4 Å². The minimum Gasteiger partial charge on any atom is -0.376 e. The van der Waals surface area contributed by atoms with E-state index in [9.17, 15) is 4.39 Å². The quantitative estimate of drug-likeness (QED) is 0.867. The number of hydrogen-bond donors (Lipinski definition) is 1. The maximum absolute atomic E-state index is 14.2. The fourth-order valence-electron chi connectivity index (χ4n) is 2.63. The van der Waals surface area contributed by atoms with Crippen LogP contribution in [0.5, 0.6) is 0 Å². The van der Waals surface area contributed by atoms with Gasteiger partial charge >= 0.3 is 0 Å². The van der Waals surface area contributed by atoms with E-state index in [1.807, 2.05) is 18.0 Å². The molecule has 1 fully saturated rings. The van der Waals surface area contributed by atoms with E-state index in [1.54, 1.807) is 6.07 Å². The molecule has 1 unspecified atom stereocenters. The van der Waals surface area contributed by atoms with E-state index in [2.05, 4.69) is 19.2 Å². The van der Waals surface area contributed by atoms with Crippen molar-refractivity contribution in [2.24, 2.45) is 0 Å². The number of rotatable bonds is 6. The molecular formula is C16H25FN2O. The van der Waals surface area contributed by atoms with Crippen LogP contribution in [0.1, 0.15) is 32.3 Å². The maximum Gasteiger partial charge on any atom is 0.146 e. The molecule has 3 nitrogen and oxygen atoms in total. The Morgan fingerprint density at radius 3 is 2.90 bits per heavy atom. The van der Waals surface area contributed by atoms with Crippen molar-refractivity contribution in [1.29, 1.82) is 0 Å². The predicted molar refractivity (Wildman–Crippen MR) is 80.6 cm³/mol. The third kappa shape index (κ3) is 3.93. The fourth-order valence-corrected chi connectivity index (χ4v) is 2.63. The second kappa shape index (κ2) is 7.04. The molecule has 1 N–H and O–H groups in total. The van der Waals surface area contributed by atoms with Gasteiger partial charge in [-0.15, -0.1) is 0 Å². The normalized spacial score (nSPS) is 18.8. The zero-order valence-electron chi connectivity index (χ0n) is 12.7. The summed E-state index contributed by atoms with van der Waals surface area (Å²) in [6, 6.07) is 5.67. The molecule has 1 aromatic carbocycles. The fraction of sp³-hybridized carbons (Fsp3) is 0.625. The molecule has 4 heteroatoms. The van der Waals surface area contributed by atoms with E-state index in [0.29, 0.717) is 18.3 Å². The SMILES string of the molecule is CC(C)NCc1cccc(F)c1N(C)CC1CCCO1. The van der Waals surface area contributed by atoms with E-state index in [1.165, 1.54) is 6.07 Å². The van der Waals surface area contributed by atoms with Crippen LogP contribution in [0.25, 0.3) is 0 Å². The molecule has 0 aromatic heterocycles. The Balaban J connectivity index is 2.10. The molecular weight excluding hydrogens is 255 g/mol. The summed E-state index contributed by atoms with van der Waals surface area (Å²) in [6.45, 7) is 6.44. The lowest BCUT2D eigenvalue weighted by molar-refractivity contribution is 0.116. The number of likely N-dealkylation sites (N-methyl/N-ethyl adjacent to an activating group) is 1. The topological polar surface area (TPSA) is 24.5 Å². The van der Waals surface area contributed by atoms with Crippen molar-refractivity contribution in [3.8, 4) is 0 Å². The molecule has 1 atom stereocenters. The van der Waals surface area contributed by atoms with Gasteiger partial charge in [0.25, 0.3) is 0 Å². The van der Waals surface area contributed by atoms with Crippen molar-refractivity contribution in [2.75, 3.05) is 25.1 Å². The van der Waals surface area contributed by atoms with Crippen LogP contribution in [0.3, 0.4) is 0 Å². The Bertz CT molecular complexity index is 430. The molecule has 0 aliphatic carbocycles. The monoisotopic (exact) mass is 280 g/mol. The first-order chi connectivity index (χ1) is 9.58. The highest BCUT2D eigenvalue weighted by molar-refractivity contribution is 5.54. The average Bonchev–Trinajstić information content (AvgIpc) is 2.88. The molecule has 1 saturated heterocycles. The van der Waals surface area contributed by atoms with Gasteiger partial charge in [0, 0.05) is 32.8 Å². The van der Waals surface area contributed by atoms with Gasteiger partial charge in [-0.3, -0.25) is 0 Å². The van der Waals surface area contributed by atoms with Gasteiger partial charge in [0.15, 0.2) is 0 Å². The number of hydrogen-bond acceptors (Lipinski definition) is 3. The van der Waals surface area contributed by atoms with Crippen LogP contribution in [-0.4, -0.2) is 32.3 Å². The number of halogens is 1. The molecule has 2 rings (SSSR count). The van der Waals surface area contributed by atoms with E-state index >= 15 is 0 Å². The number of benzene rings is 1. The number of anilines is 1. The van der Waals surface area contributed by atoms with Crippen molar-refractivity contribution in [3.05, 3.63) is 29.6 Å². The van der Waals surface area contributed by atoms with Gasteiger partial charge in [-0.2, -0.15) is 0 Å². The highest BCUT2D eigenvalue weighted by Crippen LogP contribution is 2.25. The van der Waals surface area contributed by atoms with Gasteiger partial charge in [-0.25, -0.2) is 4.39 Å². The molecule has 0 amide bonds. The van der Waals surface area contributed by atoms with Crippen molar-refractivity contribution < 1.29 is 9.13 Å². The predicted octanol–water partition coefficient (Wildman–Crippen LogP) is 2.94. The molecule has 112 valence electrons. The average molecular weight is 280 g/mol. The first kappa shape index (κ1) is 15.3. The van der Waals surface area contributed by atoms with Crippen molar-refractivity contribution in [1.82, 2.24) is 5.32 Å². The Kier molecular flexibility index (Phi) is 5.38. The van der Waals surface area contributed by atoms with Crippen LogP contribution < -0.4 is 10.2 Å². The Hall–Kier alpha value is -1.13. The van der Waals surface area contributed by atoms with E-state index < -0.39 is 0 Å². The van der Waals surface area contributed by atoms with Gasteiger partial charge in [-0.1, -0.05) is 26.0 Å². The molecule has 0 spiro atoms. The second-order valence-electron chi connectivity index (χ2n) is 5.80. The zero-order valence-corrected chi connectivity index (χ0v) is 12.7. The lowest BCUT2D eigenvalue weighted by atomic mass is 10.1. The molecule has 0 bridgehead atoms. The van der Waals surface area contributed by atoms with Gasteiger partial charge in [-0.05, 0) is 24.5 Å². The first-order valence-electron chi connectivity index (χ1n) is 7.41. The standard InChI is InChI=1S/C16H25FN2O/c1-12(2)18-10-13-6-4-8-15(17)16(13)19(3)11-14-7-5-9-20-14/h4,6,8,12,14,18H,5,7,9-11H2,1-3H3. The van der Waals surface area contributed by atoms with E-state index in [-0.39, 0.29) is 11.9 Å². The molecule has 0 radical (unpaired) electrons. The summed E-state index contributed by atoms with van der Waals surface area (Å²) in [7, 11) is 1.94. The first-order valence-corrected chi connectivity index (χ1v) is 7.41. The molecule has 1 aromatic rings. The van der Waals surface area contributed by atoms with Gasteiger partial charge in [0.05, 0.1) is 11.8 Å². The zero-order chi connectivity index (χ0) is 14.5. The molecule has 1 aliphatic heterocycles. The summed E-state index contributed by atoms with van der Waals surface area (Å²) in [5.74, 6) is -0.159. The minimum atomic E-state index is -0.159. The maximum atomic E-state index is 14.2. The highest BCUT2D eigenvalue weighted by atomic mass is 19.1. The lowest BCUT2D eigenvalue weighted by Crippen LogP contribution is -2.31. The third-order valence-corrected chi connectivity index (χ3v) is 3.65. The third-order valence-electron chi connectivity index (χ3n) is 3.65. The van der Waals surface area contributed by atoms with Crippen molar-refractivity contribution >= 4 is 5.69 Å². The number of ether oxygens (including phenoxy) is 1. The largest absolute Gasteiger partial charge is 0.376 e. The van der Waals surface area contributed by atoms with E-state index in [0.717, 1.165) is 31.6 Å². The molecule has 0 saturated carbocycles. The Labute approximate surface area is 121 Å².